The second kappa shape index (κ2) is 13.4. The van der Waals surface area contributed by atoms with E-state index >= 15 is 0 Å². The van der Waals surface area contributed by atoms with E-state index in [1.54, 1.807) is 13.8 Å². The summed E-state index contributed by atoms with van der Waals surface area (Å²) in [6.45, 7) is 3.30. The number of carbonyl (C=O) groups is 5. The Kier molecular flexibility index (Phi) is 12.2. The van der Waals surface area contributed by atoms with Crippen molar-refractivity contribution in [2.24, 2.45) is 23.1 Å². The summed E-state index contributed by atoms with van der Waals surface area (Å²) in [7, 11) is 0. The van der Waals surface area contributed by atoms with E-state index < -0.39 is 66.6 Å². The Morgan fingerprint density at radius 1 is 0.897 bits per heavy atom. The van der Waals surface area contributed by atoms with Crippen molar-refractivity contribution in [3.63, 3.8) is 0 Å². The van der Waals surface area contributed by atoms with Gasteiger partial charge in [0.25, 0.3) is 0 Å². The third kappa shape index (κ3) is 10.4. The van der Waals surface area contributed by atoms with Crippen molar-refractivity contribution in [2.75, 3.05) is 13.1 Å². The van der Waals surface area contributed by atoms with Crippen LogP contribution in [-0.4, -0.2) is 65.9 Å². The molecule has 0 rings (SSSR count). The first-order valence-corrected chi connectivity index (χ1v) is 9.34. The van der Waals surface area contributed by atoms with Gasteiger partial charge >= 0.3 is 5.97 Å². The first-order chi connectivity index (χ1) is 13.5. The average molecular weight is 416 g/mol. The van der Waals surface area contributed by atoms with E-state index in [0.717, 1.165) is 0 Å². The zero-order valence-electron chi connectivity index (χ0n) is 16.8. The number of carboxylic acids is 1. The fraction of sp³-hybridized carbons (Fsp3) is 0.706. The molecule has 0 aliphatic rings. The highest BCUT2D eigenvalue weighted by atomic mass is 16.4. The van der Waals surface area contributed by atoms with Crippen LogP contribution < -0.4 is 33.2 Å². The highest BCUT2D eigenvalue weighted by Gasteiger charge is 2.31. The van der Waals surface area contributed by atoms with Gasteiger partial charge < -0.3 is 38.3 Å². The minimum absolute atomic E-state index is 0.188. The summed E-state index contributed by atoms with van der Waals surface area (Å²) in [5, 5.41) is 16.4. The predicted octanol–water partition coefficient (Wildman–Crippen LogP) is -2.86. The van der Waals surface area contributed by atoms with Crippen molar-refractivity contribution in [1.82, 2.24) is 16.0 Å². The molecule has 0 aromatic rings. The third-order valence-electron chi connectivity index (χ3n) is 4.05. The van der Waals surface area contributed by atoms with Gasteiger partial charge in [-0.05, 0) is 31.7 Å². The van der Waals surface area contributed by atoms with Crippen molar-refractivity contribution >= 4 is 29.6 Å². The fourth-order valence-corrected chi connectivity index (χ4v) is 2.46. The number of primary amides is 1. The Bertz CT molecular complexity index is 597. The van der Waals surface area contributed by atoms with Crippen LogP contribution >= 0.6 is 0 Å². The smallest absolute Gasteiger partial charge is 0.326 e. The van der Waals surface area contributed by atoms with Gasteiger partial charge in [-0.2, -0.15) is 0 Å². The van der Waals surface area contributed by atoms with Crippen LogP contribution in [0.2, 0.25) is 0 Å². The summed E-state index contributed by atoms with van der Waals surface area (Å²) in [5.41, 5.74) is 15.7. The van der Waals surface area contributed by atoms with Crippen LogP contribution in [-0.2, 0) is 24.0 Å². The lowest BCUT2D eigenvalue weighted by atomic mass is 10.0. The van der Waals surface area contributed by atoms with E-state index in [-0.39, 0.29) is 6.42 Å². The van der Waals surface area contributed by atoms with Gasteiger partial charge in [0.05, 0.1) is 13.0 Å². The Morgan fingerprint density at radius 3 is 1.97 bits per heavy atom. The molecule has 0 fully saturated rings. The molecule has 0 spiro atoms. The Labute approximate surface area is 169 Å². The van der Waals surface area contributed by atoms with Crippen LogP contribution in [0.3, 0.4) is 0 Å². The quantitative estimate of drug-likeness (QED) is 0.146. The predicted molar refractivity (Wildman–Crippen MR) is 104 cm³/mol. The van der Waals surface area contributed by atoms with Crippen LogP contribution in [0.1, 0.15) is 39.5 Å². The van der Waals surface area contributed by atoms with E-state index in [2.05, 4.69) is 16.0 Å². The number of unbranched alkanes of at least 4 members (excludes halogenated alkanes) is 1. The second-order valence-corrected chi connectivity index (χ2v) is 6.91. The Hall–Kier alpha value is -2.73. The van der Waals surface area contributed by atoms with Gasteiger partial charge in [0.1, 0.15) is 18.1 Å². The number of nitrogens with one attached hydrogen (secondary N) is 3. The van der Waals surface area contributed by atoms with Gasteiger partial charge in [0.2, 0.25) is 23.6 Å². The van der Waals surface area contributed by atoms with Crippen molar-refractivity contribution in [1.29, 1.82) is 0 Å². The van der Waals surface area contributed by atoms with Gasteiger partial charge in [0.15, 0.2) is 0 Å². The SMILES string of the molecule is CC(C)C(NC(=O)C(CC(N)=O)NC(=O)CN)C(=O)NC(CCCCN)C(=O)O. The molecule has 166 valence electrons. The van der Waals surface area contributed by atoms with E-state index in [1.807, 2.05) is 0 Å². The van der Waals surface area contributed by atoms with Crippen LogP contribution in [0.15, 0.2) is 0 Å². The molecule has 3 unspecified atom stereocenters. The van der Waals surface area contributed by atoms with Crippen LogP contribution in [0.5, 0.6) is 0 Å². The first kappa shape index (κ1) is 26.3. The summed E-state index contributed by atoms with van der Waals surface area (Å²) in [5.74, 6) is -4.63. The molecule has 12 nitrogen and oxygen atoms in total. The van der Waals surface area contributed by atoms with Crippen molar-refractivity contribution < 1.29 is 29.1 Å². The zero-order chi connectivity index (χ0) is 22.6. The lowest BCUT2D eigenvalue weighted by molar-refractivity contribution is -0.143. The van der Waals surface area contributed by atoms with Gasteiger partial charge in [-0.1, -0.05) is 13.8 Å². The van der Waals surface area contributed by atoms with Gasteiger partial charge in [0, 0.05) is 0 Å². The van der Waals surface area contributed by atoms with Crippen molar-refractivity contribution in [3.8, 4) is 0 Å². The molecule has 0 aliphatic carbocycles. The molecule has 4 amide bonds. The van der Waals surface area contributed by atoms with Crippen LogP contribution in [0, 0.1) is 5.92 Å². The first-order valence-electron chi connectivity index (χ1n) is 9.34. The number of hydrogen-bond donors (Lipinski definition) is 7. The summed E-state index contributed by atoms with van der Waals surface area (Å²) < 4.78 is 0. The highest BCUT2D eigenvalue weighted by molar-refractivity contribution is 5.95. The van der Waals surface area contributed by atoms with E-state index in [4.69, 9.17) is 17.2 Å². The second-order valence-electron chi connectivity index (χ2n) is 6.91. The minimum Gasteiger partial charge on any atom is -0.480 e. The number of nitrogens with two attached hydrogens (primary N) is 3. The van der Waals surface area contributed by atoms with Crippen LogP contribution in [0.4, 0.5) is 0 Å². The molecule has 0 saturated carbocycles. The zero-order valence-corrected chi connectivity index (χ0v) is 16.8. The summed E-state index contributed by atoms with van der Waals surface area (Å²) in [6.07, 6.45) is 0.826. The maximum atomic E-state index is 12.6. The molecular weight excluding hydrogens is 384 g/mol. The molecule has 0 saturated heterocycles. The van der Waals surface area contributed by atoms with Crippen LogP contribution in [0.25, 0.3) is 0 Å². The number of amides is 4. The summed E-state index contributed by atoms with van der Waals surface area (Å²) in [6, 6.07) is -3.54. The minimum atomic E-state index is -1.31. The molecule has 0 bridgehead atoms. The number of rotatable bonds is 14. The standard InChI is InChI=1S/C17H32N6O6/c1-9(2)14(16(27)22-10(17(28)29)5-3-4-6-18)23-15(26)11(7-12(20)24)21-13(25)8-19/h9-11,14H,3-8,18-19H2,1-2H3,(H2,20,24)(H,21,25)(H,22,27)(H,23,26)(H,28,29). The summed E-state index contributed by atoms with van der Waals surface area (Å²) >= 11 is 0. The number of carbonyl (C=O) groups excluding carboxylic acids is 4. The molecule has 0 aliphatic heterocycles. The fourth-order valence-electron chi connectivity index (χ4n) is 2.46. The Balaban J connectivity index is 5.22. The lowest BCUT2D eigenvalue weighted by Gasteiger charge is -2.26. The number of hydrogen-bond acceptors (Lipinski definition) is 7. The third-order valence-corrected chi connectivity index (χ3v) is 4.05. The van der Waals surface area contributed by atoms with E-state index in [1.165, 1.54) is 0 Å². The van der Waals surface area contributed by atoms with E-state index in [9.17, 15) is 29.1 Å². The van der Waals surface area contributed by atoms with Gasteiger partial charge in [-0.25, -0.2) is 4.79 Å². The average Bonchev–Trinajstić information content (AvgIpc) is 2.63. The molecule has 0 heterocycles. The molecule has 12 heteroatoms. The molecule has 3 atom stereocenters. The highest BCUT2D eigenvalue weighted by Crippen LogP contribution is 2.07. The maximum absolute atomic E-state index is 12.6. The monoisotopic (exact) mass is 416 g/mol. The topological polar surface area (TPSA) is 220 Å². The maximum Gasteiger partial charge on any atom is 0.326 e. The Morgan fingerprint density at radius 2 is 1.52 bits per heavy atom. The molecule has 29 heavy (non-hydrogen) atoms. The largest absolute Gasteiger partial charge is 0.480 e. The lowest BCUT2D eigenvalue weighted by Crippen LogP contribution is -2.58. The van der Waals surface area contributed by atoms with E-state index in [0.29, 0.717) is 19.4 Å². The molecular formula is C17H32N6O6. The molecule has 0 aromatic heterocycles. The molecule has 0 radical (unpaired) electrons. The van der Waals surface area contributed by atoms with Gasteiger partial charge in [-0.15, -0.1) is 0 Å². The number of aliphatic carboxylic acids is 1. The number of carboxylic acid groups (broad SMARTS) is 1. The van der Waals surface area contributed by atoms with Crippen molar-refractivity contribution in [3.05, 3.63) is 0 Å². The normalized spacial score (nSPS) is 13.8. The van der Waals surface area contributed by atoms with Gasteiger partial charge in [-0.3, -0.25) is 19.2 Å². The summed E-state index contributed by atoms with van der Waals surface area (Å²) in [4.78, 5) is 59.1. The van der Waals surface area contributed by atoms with Crippen molar-refractivity contribution in [2.45, 2.75) is 57.7 Å². The molecule has 0 aromatic carbocycles. The molecule has 10 N–H and O–H groups in total.